The first-order chi connectivity index (χ1) is 12.8. The first-order valence-corrected chi connectivity index (χ1v) is 8.40. The molecular weight excluding hydrogens is 349 g/mol. The number of Topliss-reactive ketones (excluding diaryl/α,β-unsaturated/α-hetero) is 1. The molecule has 1 atom stereocenters. The maximum absolute atomic E-state index is 13.2. The maximum atomic E-state index is 13.2. The third-order valence-corrected chi connectivity index (χ3v) is 4.25. The van der Waals surface area contributed by atoms with E-state index in [2.05, 4.69) is 10.3 Å². The highest BCUT2D eigenvalue weighted by molar-refractivity contribution is 5.96. The second-order valence-electron chi connectivity index (χ2n) is 6.31. The fourth-order valence-corrected chi connectivity index (χ4v) is 2.84. The summed E-state index contributed by atoms with van der Waals surface area (Å²) in [7, 11) is 0. The molecule has 3 rings (SSSR count). The number of fused-ring (bicyclic) bond motifs is 1. The van der Waals surface area contributed by atoms with Crippen molar-refractivity contribution in [3.8, 4) is 0 Å². The Morgan fingerprint density at radius 2 is 1.89 bits per heavy atom. The van der Waals surface area contributed by atoms with Crippen LogP contribution in [0.5, 0.6) is 0 Å². The quantitative estimate of drug-likeness (QED) is 0.703. The van der Waals surface area contributed by atoms with Crippen molar-refractivity contribution in [3.63, 3.8) is 0 Å². The van der Waals surface area contributed by atoms with Gasteiger partial charge in [-0.15, -0.1) is 0 Å². The summed E-state index contributed by atoms with van der Waals surface area (Å²) < 4.78 is 14.4. The summed E-state index contributed by atoms with van der Waals surface area (Å²) in [6.07, 6.45) is 1.25. The van der Waals surface area contributed by atoms with E-state index in [-0.39, 0.29) is 35.2 Å². The summed E-state index contributed by atoms with van der Waals surface area (Å²) in [6, 6.07) is 10.4. The molecule has 7 heteroatoms. The average Bonchev–Trinajstić information content (AvgIpc) is 2.63. The molecule has 0 fully saturated rings. The van der Waals surface area contributed by atoms with Crippen LogP contribution in [0.3, 0.4) is 0 Å². The van der Waals surface area contributed by atoms with Gasteiger partial charge in [-0.25, -0.2) is 9.37 Å². The van der Waals surface area contributed by atoms with Gasteiger partial charge in [0.1, 0.15) is 5.82 Å². The Kier molecular flexibility index (Phi) is 5.12. The van der Waals surface area contributed by atoms with E-state index >= 15 is 0 Å². The summed E-state index contributed by atoms with van der Waals surface area (Å²) in [4.78, 5) is 40.1. The molecule has 3 aromatic rings. The molecule has 6 nitrogen and oxygen atoms in total. The molecule has 0 aliphatic heterocycles. The van der Waals surface area contributed by atoms with E-state index < -0.39 is 11.4 Å². The zero-order chi connectivity index (χ0) is 19.6. The Hall–Kier alpha value is -3.35. The molecule has 0 aliphatic carbocycles. The van der Waals surface area contributed by atoms with Crippen LogP contribution in [0.4, 0.5) is 4.39 Å². The Morgan fingerprint density at radius 1 is 1.19 bits per heavy atom. The molecule has 1 amide bonds. The van der Waals surface area contributed by atoms with Crippen LogP contribution in [-0.2, 0) is 11.3 Å². The predicted molar refractivity (Wildman–Crippen MR) is 99.0 cm³/mol. The summed E-state index contributed by atoms with van der Waals surface area (Å²) in [5.41, 5.74) is 1.16. The van der Waals surface area contributed by atoms with Crippen molar-refractivity contribution >= 4 is 22.6 Å². The van der Waals surface area contributed by atoms with Crippen molar-refractivity contribution in [2.75, 3.05) is 0 Å². The third-order valence-electron chi connectivity index (χ3n) is 4.25. The van der Waals surface area contributed by atoms with Gasteiger partial charge in [-0.2, -0.15) is 0 Å². The zero-order valence-corrected chi connectivity index (χ0v) is 14.9. The van der Waals surface area contributed by atoms with Crippen LogP contribution in [0.15, 0.2) is 53.6 Å². The Morgan fingerprint density at radius 3 is 2.56 bits per heavy atom. The van der Waals surface area contributed by atoms with Crippen LogP contribution in [0.2, 0.25) is 0 Å². The van der Waals surface area contributed by atoms with E-state index in [0.29, 0.717) is 5.56 Å². The van der Waals surface area contributed by atoms with E-state index in [9.17, 15) is 18.8 Å². The minimum Gasteiger partial charge on any atom is -0.350 e. The Balaban J connectivity index is 1.80. The fourth-order valence-electron chi connectivity index (χ4n) is 2.84. The number of carbonyl (C=O) groups excluding carboxylic acids is 2. The summed E-state index contributed by atoms with van der Waals surface area (Å²) in [5.74, 6) is -0.860. The lowest BCUT2D eigenvalue weighted by Crippen LogP contribution is -2.25. The minimum absolute atomic E-state index is 0.134. The van der Waals surface area contributed by atoms with Crippen LogP contribution in [-0.4, -0.2) is 21.2 Å². The van der Waals surface area contributed by atoms with Crippen molar-refractivity contribution in [2.24, 2.45) is 0 Å². The van der Waals surface area contributed by atoms with Crippen molar-refractivity contribution < 1.29 is 14.0 Å². The van der Waals surface area contributed by atoms with Crippen LogP contribution >= 0.6 is 0 Å². The molecule has 0 saturated carbocycles. The number of aromatic nitrogens is 2. The van der Waals surface area contributed by atoms with Gasteiger partial charge in [0, 0.05) is 18.6 Å². The first-order valence-electron chi connectivity index (χ1n) is 8.40. The van der Waals surface area contributed by atoms with Crippen molar-refractivity contribution in [2.45, 2.75) is 26.4 Å². The highest BCUT2D eigenvalue weighted by Crippen LogP contribution is 2.14. The van der Waals surface area contributed by atoms with E-state index in [1.807, 2.05) is 6.92 Å². The standard InChI is InChI=1S/C20H18FN3O3/c1-12(23-13(2)25)14-3-5-15(6-4-14)19(26)10-24-11-22-18-9-16(21)7-8-17(18)20(24)27/h3-9,11-12H,10H2,1-2H3,(H,23,25). The molecule has 0 bridgehead atoms. The lowest BCUT2D eigenvalue weighted by molar-refractivity contribution is -0.119. The van der Waals surface area contributed by atoms with Crippen molar-refractivity contribution in [3.05, 3.63) is 76.1 Å². The van der Waals surface area contributed by atoms with Gasteiger partial charge in [0.15, 0.2) is 5.78 Å². The molecule has 1 heterocycles. The number of rotatable bonds is 5. The number of carbonyl (C=O) groups is 2. The number of halogens is 1. The van der Waals surface area contributed by atoms with Gasteiger partial charge >= 0.3 is 0 Å². The average molecular weight is 367 g/mol. The second-order valence-corrected chi connectivity index (χ2v) is 6.31. The minimum atomic E-state index is -0.475. The molecule has 138 valence electrons. The fraction of sp³-hybridized carbons (Fsp3) is 0.200. The van der Waals surface area contributed by atoms with Gasteiger partial charge in [0.2, 0.25) is 5.91 Å². The van der Waals surface area contributed by atoms with Crippen LogP contribution in [0, 0.1) is 5.82 Å². The Labute approximate surface area is 154 Å². The lowest BCUT2D eigenvalue weighted by Gasteiger charge is -2.13. The van der Waals surface area contributed by atoms with Crippen LogP contribution < -0.4 is 10.9 Å². The summed E-state index contributed by atoms with van der Waals surface area (Å²) >= 11 is 0. The van der Waals surface area contributed by atoms with Gasteiger partial charge in [-0.3, -0.25) is 19.0 Å². The molecule has 1 unspecified atom stereocenters. The number of ketones is 1. The number of benzene rings is 2. The first kappa shape index (κ1) is 18.4. The molecule has 1 N–H and O–H groups in total. The monoisotopic (exact) mass is 367 g/mol. The van der Waals surface area contributed by atoms with Gasteiger partial charge in [0.25, 0.3) is 5.56 Å². The highest BCUT2D eigenvalue weighted by atomic mass is 19.1. The highest BCUT2D eigenvalue weighted by Gasteiger charge is 2.12. The zero-order valence-electron chi connectivity index (χ0n) is 14.9. The topological polar surface area (TPSA) is 81.1 Å². The molecule has 0 saturated heterocycles. The Bertz CT molecular complexity index is 1070. The van der Waals surface area contributed by atoms with Crippen molar-refractivity contribution in [1.29, 1.82) is 0 Å². The molecule has 0 radical (unpaired) electrons. The molecule has 1 aromatic heterocycles. The SMILES string of the molecule is CC(=O)NC(C)c1ccc(C(=O)Cn2cnc3cc(F)ccc3c2=O)cc1. The molecule has 27 heavy (non-hydrogen) atoms. The van der Waals surface area contributed by atoms with Gasteiger partial charge in [0.05, 0.1) is 29.8 Å². The normalized spacial score (nSPS) is 12.0. The lowest BCUT2D eigenvalue weighted by atomic mass is 10.0. The number of nitrogens with zero attached hydrogens (tertiary/aromatic N) is 2. The summed E-state index contributed by atoms with van der Waals surface area (Å²) in [5, 5.41) is 3.03. The van der Waals surface area contributed by atoms with Gasteiger partial charge in [-0.05, 0) is 24.6 Å². The van der Waals surface area contributed by atoms with Crippen LogP contribution in [0.1, 0.15) is 35.8 Å². The van der Waals surface area contributed by atoms with E-state index in [1.54, 1.807) is 24.3 Å². The third kappa shape index (κ3) is 4.08. The van der Waals surface area contributed by atoms with Gasteiger partial charge in [-0.1, -0.05) is 24.3 Å². The van der Waals surface area contributed by atoms with E-state index in [4.69, 9.17) is 0 Å². The van der Waals surface area contributed by atoms with Crippen LogP contribution in [0.25, 0.3) is 10.9 Å². The molecule has 2 aromatic carbocycles. The van der Waals surface area contributed by atoms with Crippen molar-refractivity contribution in [1.82, 2.24) is 14.9 Å². The number of hydrogen-bond acceptors (Lipinski definition) is 4. The van der Waals surface area contributed by atoms with E-state index in [1.165, 1.54) is 36.0 Å². The largest absolute Gasteiger partial charge is 0.350 e. The summed E-state index contributed by atoms with van der Waals surface area (Å²) in [6.45, 7) is 3.12. The smallest absolute Gasteiger partial charge is 0.261 e. The number of hydrogen-bond donors (Lipinski definition) is 1. The second kappa shape index (κ2) is 7.49. The number of amides is 1. The molecular formula is C20H18FN3O3. The van der Waals surface area contributed by atoms with Gasteiger partial charge < -0.3 is 5.32 Å². The maximum Gasteiger partial charge on any atom is 0.261 e. The predicted octanol–water partition coefficient (Wildman–Crippen LogP) is 2.62. The number of nitrogens with one attached hydrogen (secondary N) is 1. The molecule has 0 spiro atoms. The van der Waals surface area contributed by atoms with E-state index in [0.717, 1.165) is 5.56 Å². The molecule has 0 aliphatic rings.